The lowest BCUT2D eigenvalue weighted by atomic mass is 10.1. The first-order valence-corrected chi connectivity index (χ1v) is 6.29. The van der Waals surface area contributed by atoms with Gasteiger partial charge in [-0.25, -0.2) is 0 Å². The third-order valence-corrected chi connectivity index (χ3v) is 2.54. The summed E-state index contributed by atoms with van der Waals surface area (Å²) in [5.41, 5.74) is 2.39. The summed E-state index contributed by atoms with van der Waals surface area (Å²) in [5.74, 6) is 0.994. The van der Waals surface area contributed by atoms with Gasteiger partial charge in [0.2, 0.25) is 0 Å². The lowest BCUT2D eigenvalue weighted by Crippen LogP contribution is -2.14. The molecule has 0 aromatic heterocycles. The topological polar surface area (TPSA) is 30.5 Å². The summed E-state index contributed by atoms with van der Waals surface area (Å²) in [4.78, 5) is 0. The third-order valence-electron chi connectivity index (χ3n) is 2.54. The number of benzene rings is 1. The summed E-state index contributed by atoms with van der Waals surface area (Å²) in [6.07, 6.45) is 0. The van der Waals surface area contributed by atoms with Crippen molar-refractivity contribution in [1.29, 1.82) is 0 Å². The summed E-state index contributed by atoms with van der Waals surface area (Å²) in [6.45, 7) is 9.97. The summed E-state index contributed by atoms with van der Waals surface area (Å²) in [6, 6.07) is 6.24. The van der Waals surface area contributed by atoms with Crippen LogP contribution in [0.1, 0.15) is 25.0 Å². The van der Waals surface area contributed by atoms with Gasteiger partial charge in [-0.15, -0.1) is 0 Å². The van der Waals surface area contributed by atoms with Crippen molar-refractivity contribution in [3.8, 4) is 5.75 Å². The third kappa shape index (κ3) is 4.75. The molecule has 1 rings (SSSR count). The van der Waals surface area contributed by atoms with E-state index in [4.69, 9.17) is 9.47 Å². The zero-order valence-corrected chi connectivity index (χ0v) is 11.1. The van der Waals surface area contributed by atoms with Crippen molar-refractivity contribution < 1.29 is 9.47 Å². The second-order valence-corrected chi connectivity index (χ2v) is 3.89. The van der Waals surface area contributed by atoms with Gasteiger partial charge in [-0.3, -0.25) is 0 Å². The van der Waals surface area contributed by atoms with Gasteiger partial charge in [0.1, 0.15) is 12.4 Å². The standard InChI is InChI=1S/C14H23NO2/c1-4-15-11-13-8-6-7-12(3)14(13)17-10-9-16-5-2/h6-8,15H,4-5,9-11H2,1-3H3. The van der Waals surface area contributed by atoms with E-state index in [-0.39, 0.29) is 0 Å². The number of para-hydroxylation sites is 1. The maximum Gasteiger partial charge on any atom is 0.126 e. The molecule has 3 nitrogen and oxygen atoms in total. The lowest BCUT2D eigenvalue weighted by molar-refractivity contribution is 0.109. The molecule has 96 valence electrons. The Morgan fingerprint density at radius 1 is 1.18 bits per heavy atom. The Morgan fingerprint density at radius 3 is 2.71 bits per heavy atom. The molecule has 1 N–H and O–H groups in total. The Morgan fingerprint density at radius 2 is 2.00 bits per heavy atom. The highest BCUT2D eigenvalue weighted by Gasteiger charge is 2.06. The summed E-state index contributed by atoms with van der Waals surface area (Å²) < 4.78 is 11.1. The Bertz CT molecular complexity index is 326. The van der Waals surface area contributed by atoms with Gasteiger partial charge in [0.25, 0.3) is 0 Å². The van der Waals surface area contributed by atoms with Crippen molar-refractivity contribution in [3.05, 3.63) is 29.3 Å². The highest BCUT2D eigenvalue weighted by atomic mass is 16.5. The average molecular weight is 237 g/mol. The SMILES string of the molecule is CCNCc1cccc(C)c1OCCOCC. The first kappa shape index (κ1) is 14.0. The van der Waals surface area contributed by atoms with Crippen molar-refractivity contribution in [1.82, 2.24) is 5.32 Å². The Balaban J connectivity index is 2.60. The molecule has 0 aliphatic rings. The number of hydrogen-bond acceptors (Lipinski definition) is 3. The molecule has 0 atom stereocenters. The smallest absolute Gasteiger partial charge is 0.126 e. The molecule has 0 radical (unpaired) electrons. The second-order valence-electron chi connectivity index (χ2n) is 3.89. The van der Waals surface area contributed by atoms with E-state index in [9.17, 15) is 0 Å². The number of rotatable bonds is 8. The molecule has 0 aliphatic heterocycles. The van der Waals surface area contributed by atoms with Gasteiger partial charge in [0.15, 0.2) is 0 Å². The van der Waals surface area contributed by atoms with Crippen LogP contribution in [0.5, 0.6) is 5.75 Å². The first-order chi connectivity index (χ1) is 8.29. The minimum absolute atomic E-state index is 0.609. The van der Waals surface area contributed by atoms with Crippen LogP contribution in [0.3, 0.4) is 0 Å². The fourth-order valence-electron chi connectivity index (χ4n) is 1.67. The van der Waals surface area contributed by atoms with Gasteiger partial charge in [-0.05, 0) is 26.0 Å². The van der Waals surface area contributed by atoms with Crippen molar-refractivity contribution in [2.24, 2.45) is 0 Å². The Labute approximate surface area is 104 Å². The van der Waals surface area contributed by atoms with Crippen LogP contribution in [0.15, 0.2) is 18.2 Å². The Kier molecular flexibility index (Phi) is 6.67. The van der Waals surface area contributed by atoms with E-state index in [0.717, 1.165) is 25.4 Å². The van der Waals surface area contributed by atoms with E-state index in [1.165, 1.54) is 11.1 Å². The van der Waals surface area contributed by atoms with Crippen molar-refractivity contribution in [2.75, 3.05) is 26.4 Å². The van der Waals surface area contributed by atoms with E-state index in [1.807, 2.05) is 6.92 Å². The average Bonchev–Trinajstić information content (AvgIpc) is 2.34. The van der Waals surface area contributed by atoms with Crippen molar-refractivity contribution in [2.45, 2.75) is 27.3 Å². The van der Waals surface area contributed by atoms with Crippen molar-refractivity contribution >= 4 is 0 Å². The Hall–Kier alpha value is -1.06. The largest absolute Gasteiger partial charge is 0.491 e. The van der Waals surface area contributed by atoms with Crippen molar-refractivity contribution in [3.63, 3.8) is 0 Å². The van der Waals surface area contributed by atoms with E-state index in [1.54, 1.807) is 0 Å². The summed E-state index contributed by atoms with van der Waals surface area (Å²) in [7, 11) is 0. The molecule has 0 heterocycles. The number of ether oxygens (including phenoxy) is 2. The molecule has 0 saturated heterocycles. The normalized spacial score (nSPS) is 10.5. The molecule has 1 aromatic carbocycles. The first-order valence-electron chi connectivity index (χ1n) is 6.29. The molecular formula is C14H23NO2. The maximum absolute atomic E-state index is 5.80. The molecule has 0 fully saturated rings. The van der Waals surface area contributed by atoms with Crippen LogP contribution in [0, 0.1) is 6.92 Å². The van der Waals surface area contributed by atoms with Crippen LogP contribution in [0.2, 0.25) is 0 Å². The zero-order chi connectivity index (χ0) is 12.5. The predicted octanol–water partition coefficient (Wildman–Crippen LogP) is 2.52. The fraction of sp³-hybridized carbons (Fsp3) is 0.571. The van der Waals surface area contributed by atoms with Crippen LogP contribution in [0.25, 0.3) is 0 Å². The zero-order valence-electron chi connectivity index (χ0n) is 11.1. The van der Waals surface area contributed by atoms with Gasteiger partial charge in [0, 0.05) is 18.7 Å². The molecule has 17 heavy (non-hydrogen) atoms. The molecule has 0 saturated carbocycles. The summed E-state index contributed by atoms with van der Waals surface area (Å²) in [5, 5.41) is 3.32. The molecule has 0 amide bonds. The molecular weight excluding hydrogens is 214 g/mol. The highest BCUT2D eigenvalue weighted by molar-refractivity contribution is 5.40. The van der Waals surface area contributed by atoms with Crippen LogP contribution >= 0.6 is 0 Å². The molecule has 3 heteroatoms. The van der Waals surface area contributed by atoms with Gasteiger partial charge in [-0.2, -0.15) is 0 Å². The lowest BCUT2D eigenvalue weighted by Gasteiger charge is -2.14. The molecule has 1 aromatic rings. The quantitative estimate of drug-likeness (QED) is 0.705. The number of aryl methyl sites for hydroxylation is 1. The van der Waals surface area contributed by atoms with Gasteiger partial charge < -0.3 is 14.8 Å². The van der Waals surface area contributed by atoms with Crippen LogP contribution in [-0.4, -0.2) is 26.4 Å². The van der Waals surface area contributed by atoms with Crippen LogP contribution < -0.4 is 10.1 Å². The second kappa shape index (κ2) is 8.09. The maximum atomic E-state index is 5.80. The highest BCUT2D eigenvalue weighted by Crippen LogP contribution is 2.23. The number of nitrogens with one attached hydrogen (secondary N) is 1. The number of hydrogen-bond donors (Lipinski definition) is 1. The van der Waals surface area contributed by atoms with Crippen LogP contribution in [0.4, 0.5) is 0 Å². The van der Waals surface area contributed by atoms with E-state index < -0.39 is 0 Å². The molecule has 0 spiro atoms. The molecule has 0 unspecified atom stereocenters. The van der Waals surface area contributed by atoms with E-state index in [2.05, 4.69) is 37.4 Å². The van der Waals surface area contributed by atoms with Crippen LogP contribution in [-0.2, 0) is 11.3 Å². The van der Waals surface area contributed by atoms with Gasteiger partial charge in [-0.1, -0.05) is 25.1 Å². The van der Waals surface area contributed by atoms with E-state index >= 15 is 0 Å². The van der Waals surface area contributed by atoms with Gasteiger partial charge >= 0.3 is 0 Å². The summed E-state index contributed by atoms with van der Waals surface area (Å²) >= 11 is 0. The minimum atomic E-state index is 0.609. The van der Waals surface area contributed by atoms with E-state index in [0.29, 0.717) is 13.2 Å². The monoisotopic (exact) mass is 237 g/mol. The minimum Gasteiger partial charge on any atom is -0.491 e. The molecule has 0 aliphatic carbocycles. The molecule has 0 bridgehead atoms. The fourth-order valence-corrected chi connectivity index (χ4v) is 1.67. The van der Waals surface area contributed by atoms with Gasteiger partial charge in [0.05, 0.1) is 6.61 Å². The predicted molar refractivity (Wildman–Crippen MR) is 70.5 cm³/mol.